The van der Waals surface area contributed by atoms with E-state index in [1.165, 1.54) is 0 Å². The van der Waals surface area contributed by atoms with Crippen LogP contribution in [-0.4, -0.2) is 29.4 Å². The number of anilines is 1. The Morgan fingerprint density at radius 3 is 2.67 bits per heavy atom. The second kappa shape index (κ2) is 7.73. The maximum atomic E-state index is 11.8. The van der Waals surface area contributed by atoms with Crippen LogP contribution >= 0.6 is 0 Å². The van der Waals surface area contributed by atoms with Gasteiger partial charge in [0.1, 0.15) is 0 Å². The molecule has 0 saturated heterocycles. The summed E-state index contributed by atoms with van der Waals surface area (Å²) in [6, 6.07) is 3.58. The molecular formula is C15H22N4O2. The van der Waals surface area contributed by atoms with Crippen molar-refractivity contribution in [3.63, 3.8) is 0 Å². The van der Waals surface area contributed by atoms with E-state index in [1.54, 1.807) is 24.5 Å². The molecule has 0 unspecified atom stereocenters. The Balaban J connectivity index is 1.62. The molecule has 2 rings (SSSR count). The predicted octanol–water partition coefficient (Wildman–Crippen LogP) is 1.04. The highest BCUT2D eigenvalue weighted by Crippen LogP contribution is 2.26. The molecule has 6 nitrogen and oxygen atoms in total. The van der Waals surface area contributed by atoms with E-state index in [1.807, 2.05) is 0 Å². The first-order chi connectivity index (χ1) is 10.1. The number of amides is 2. The van der Waals surface area contributed by atoms with Gasteiger partial charge in [0.15, 0.2) is 0 Å². The lowest BCUT2D eigenvalue weighted by atomic mass is 10.00. The lowest BCUT2D eigenvalue weighted by Gasteiger charge is -2.14. The van der Waals surface area contributed by atoms with Gasteiger partial charge in [-0.1, -0.05) is 6.42 Å². The summed E-state index contributed by atoms with van der Waals surface area (Å²) in [6.45, 7) is 0.345. The van der Waals surface area contributed by atoms with E-state index in [9.17, 15) is 9.59 Å². The topological polar surface area (TPSA) is 97.1 Å². The summed E-state index contributed by atoms with van der Waals surface area (Å²) in [5.41, 5.74) is 6.65. The number of hydrogen-bond donors (Lipinski definition) is 3. The number of nitrogens with two attached hydrogens (primary N) is 1. The Labute approximate surface area is 124 Å². The average molecular weight is 290 g/mol. The zero-order chi connectivity index (χ0) is 15.1. The number of carbonyl (C=O) groups is 2. The molecule has 6 heteroatoms. The molecule has 2 amide bonds. The largest absolute Gasteiger partial charge is 0.356 e. The summed E-state index contributed by atoms with van der Waals surface area (Å²) in [5, 5.41) is 5.52. The first-order valence-corrected chi connectivity index (χ1v) is 7.37. The van der Waals surface area contributed by atoms with Gasteiger partial charge in [0.05, 0.1) is 0 Å². The van der Waals surface area contributed by atoms with Crippen LogP contribution in [0.3, 0.4) is 0 Å². The molecule has 1 aromatic heterocycles. The predicted molar refractivity (Wildman–Crippen MR) is 80.4 cm³/mol. The van der Waals surface area contributed by atoms with E-state index in [4.69, 9.17) is 5.73 Å². The van der Waals surface area contributed by atoms with Crippen LogP contribution in [0.25, 0.3) is 0 Å². The fourth-order valence-corrected chi connectivity index (χ4v) is 2.60. The highest BCUT2D eigenvalue weighted by Gasteiger charge is 2.25. The standard InChI is InChI=1S/C15H22N4O2/c16-13-3-1-2-11(13)10-15(21)18-9-6-14(20)19-12-4-7-17-8-5-12/h4-5,7-8,11,13H,1-3,6,9-10,16H2,(H,18,21)(H,17,19,20)/t11-,13+/m0/s1. The summed E-state index contributed by atoms with van der Waals surface area (Å²) >= 11 is 0. The monoisotopic (exact) mass is 290 g/mol. The van der Waals surface area contributed by atoms with Crippen molar-refractivity contribution in [1.82, 2.24) is 10.3 Å². The fraction of sp³-hybridized carbons (Fsp3) is 0.533. The summed E-state index contributed by atoms with van der Waals surface area (Å²) < 4.78 is 0. The molecular weight excluding hydrogens is 268 g/mol. The third-order valence-electron chi connectivity index (χ3n) is 3.80. The molecule has 1 aromatic rings. The lowest BCUT2D eigenvalue weighted by molar-refractivity contribution is -0.122. The maximum Gasteiger partial charge on any atom is 0.226 e. The first kappa shape index (κ1) is 15.4. The smallest absolute Gasteiger partial charge is 0.226 e. The third-order valence-corrected chi connectivity index (χ3v) is 3.80. The summed E-state index contributed by atoms with van der Waals surface area (Å²) in [5.74, 6) is 0.142. The van der Waals surface area contributed by atoms with Crippen LogP contribution in [0, 0.1) is 5.92 Å². The molecule has 0 bridgehead atoms. The molecule has 1 heterocycles. The molecule has 0 aliphatic heterocycles. The number of pyridine rings is 1. The van der Waals surface area contributed by atoms with Crippen LogP contribution in [0.5, 0.6) is 0 Å². The molecule has 1 fully saturated rings. The van der Waals surface area contributed by atoms with E-state index in [2.05, 4.69) is 15.6 Å². The molecule has 21 heavy (non-hydrogen) atoms. The number of rotatable bonds is 6. The van der Waals surface area contributed by atoms with Gasteiger partial charge in [-0.3, -0.25) is 14.6 Å². The van der Waals surface area contributed by atoms with Crippen LogP contribution in [-0.2, 0) is 9.59 Å². The fourth-order valence-electron chi connectivity index (χ4n) is 2.60. The Kier molecular flexibility index (Phi) is 5.68. The van der Waals surface area contributed by atoms with Crippen molar-refractivity contribution in [2.24, 2.45) is 11.7 Å². The minimum atomic E-state index is -0.126. The average Bonchev–Trinajstić information content (AvgIpc) is 2.85. The lowest BCUT2D eigenvalue weighted by Crippen LogP contribution is -2.33. The summed E-state index contributed by atoms with van der Waals surface area (Å²) in [7, 11) is 0. The maximum absolute atomic E-state index is 11.8. The quantitative estimate of drug-likeness (QED) is 0.729. The van der Waals surface area contributed by atoms with E-state index in [0.29, 0.717) is 18.7 Å². The van der Waals surface area contributed by atoms with Crippen molar-refractivity contribution in [1.29, 1.82) is 0 Å². The van der Waals surface area contributed by atoms with E-state index in [0.717, 1.165) is 19.3 Å². The number of nitrogens with zero attached hydrogens (tertiary/aromatic N) is 1. The van der Waals surface area contributed by atoms with Crippen molar-refractivity contribution >= 4 is 17.5 Å². The van der Waals surface area contributed by atoms with Crippen LogP contribution in [0.1, 0.15) is 32.1 Å². The molecule has 4 N–H and O–H groups in total. The number of aromatic nitrogens is 1. The normalized spacial score (nSPS) is 21.0. The zero-order valence-corrected chi connectivity index (χ0v) is 12.0. The molecule has 1 aliphatic rings. The van der Waals surface area contributed by atoms with Gasteiger partial charge in [-0.2, -0.15) is 0 Å². The summed E-state index contributed by atoms with van der Waals surface area (Å²) in [6.07, 6.45) is 7.08. The van der Waals surface area contributed by atoms with Gasteiger partial charge in [-0.15, -0.1) is 0 Å². The molecule has 114 valence electrons. The Bertz CT molecular complexity index is 478. The van der Waals surface area contributed by atoms with Gasteiger partial charge in [0, 0.05) is 43.5 Å². The SMILES string of the molecule is N[C@@H]1CCC[C@H]1CC(=O)NCCC(=O)Nc1ccncc1. The molecule has 0 radical (unpaired) electrons. The number of hydrogen-bond acceptors (Lipinski definition) is 4. The highest BCUT2D eigenvalue weighted by molar-refractivity contribution is 5.91. The van der Waals surface area contributed by atoms with Gasteiger partial charge < -0.3 is 16.4 Å². The van der Waals surface area contributed by atoms with Crippen LogP contribution in [0.2, 0.25) is 0 Å². The van der Waals surface area contributed by atoms with Gasteiger partial charge in [-0.05, 0) is 30.9 Å². The van der Waals surface area contributed by atoms with Crippen molar-refractivity contribution in [2.75, 3.05) is 11.9 Å². The molecule has 0 spiro atoms. The van der Waals surface area contributed by atoms with Gasteiger partial charge in [-0.25, -0.2) is 0 Å². The van der Waals surface area contributed by atoms with Crippen molar-refractivity contribution in [3.8, 4) is 0 Å². The third kappa shape index (κ3) is 5.15. The minimum absolute atomic E-state index is 0.0194. The number of nitrogens with one attached hydrogen (secondary N) is 2. The van der Waals surface area contributed by atoms with E-state index < -0.39 is 0 Å². The van der Waals surface area contributed by atoms with Gasteiger partial charge in [0.25, 0.3) is 0 Å². The molecule has 2 atom stereocenters. The Morgan fingerprint density at radius 2 is 2.00 bits per heavy atom. The number of carbonyl (C=O) groups excluding carboxylic acids is 2. The van der Waals surface area contributed by atoms with Crippen LogP contribution in [0.15, 0.2) is 24.5 Å². The first-order valence-electron chi connectivity index (χ1n) is 7.37. The second-order valence-electron chi connectivity index (χ2n) is 5.44. The minimum Gasteiger partial charge on any atom is -0.356 e. The highest BCUT2D eigenvalue weighted by atomic mass is 16.2. The van der Waals surface area contributed by atoms with Crippen LogP contribution < -0.4 is 16.4 Å². The Morgan fingerprint density at radius 1 is 1.24 bits per heavy atom. The summed E-state index contributed by atoms with van der Waals surface area (Å²) in [4.78, 5) is 27.3. The van der Waals surface area contributed by atoms with Gasteiger partial charge >= 0.3 is 0 Å². The zero-order valence-electron chi connectivity index (χ0n) is 12.0. The Hall–Kier alpha value is -1.95. The van der Waals surface area contributed by atoms with Crippen LogP contribution in [0.4, 0.5) is 5.69 Å². The molecule has 1 saturated carbocycles. The van der Waals surface area contributed by atoms with Crippen molar-refractivity contribution < 1.29 is 9.59 Å². The van der Waals surface area contributed by atoms with Crippen molar-refractivity contribution in [2.45, 2.75) is 38.1 Å². The molecule has 1 aliphatic carbocycles. The molecule has 0 aromatic carbocycles. The second-order valence-corrected chi connectivity index (χ2v) is 5.44. The van der Waals surface area contributed by atoms with E-state index in [-0.39, 0.29) is 30.2 Å². The van der Waals surface area contributed by atoms with Gasteiger partial charge in [0.2, 0.25) is 11.8 Å². The van der Waals surface area contributed by atoms with Crippen molar-refractivity contribution in [3.05, 3.63) is 24.5 Å². The van der Waals surface area contributed by atoms with E-state index >= 15 is 0 Å².